The zero-order valence-electron chi connectivity index (χ0n) is 9.78. The van der Waals surface area contributed by atoms with Crippen LogP contribution in [0.1, 0.15) is 20.8 Å². The Morgan fingerprint density at radius 1 is 0.765 bits per heavy atom. The molecule has 0 heterocycles. The topological polar surface area (TPSA) is 20.2 Å². The van der Waals surface area contributed by atoms with Crippen molar-refractivity contribution in [2.45, 2.75) is 38.8 Å². The molecule has 0 unspecified atom stereocenters. The Kier molecular flexibility index (Phi) is 4.50. The Hall–Kier alpha value is -0.500. The highest BCUT2D eigenvalue weighted by molar-refractivity contribution is 4.86. The molecule has 8 heteroatoms. The summed E-state index contributed by atoms with van der Waals surface area (Å²) in [7, 11) is 0. The summed E-state index contributed by atoms with van der Waals surface area (Å²) in [6.45, 7) is 2.16. The van der Waals surface area contributed by atoms with Crippen molar-refractivity contribution in [1.82, 2.24) is 0 Å². The molecule has 0 aromatic rings. The summed E-state index contributed by atoms with van der Waals surface area (Å²) >= 11 is 0. The van der Waals surface area contributed by atoms with Crippen molar-refractivity contribution in [2.75, 3.05) is 19.6 Å². The molecule has 0 bridgehead atoms. The van der Waals surface area contributed by atoms with E-state index in [-0.39, 0.29) is 0 Å². The molecule has 0 fully saturated rings. The van der Waals surface area contributed by atoms with Gasteiger partial charge in [-0.25, -0.2) is 0 Å². The predicted octanol–water partition coefficient (Wildman–Crippen LogP) is 2.68. The van der Waals surface area contributed by atoms with Crippen LogP contribution in [0, 0.1) is 0 Å². The number of rotatable bonds is 4. The van der Waals surface area contributed by atoms with Crippen LogP contribution in [0.15, 0.2) is 0 Å². The Labute approximate surface area is 95.4 Å². The van der Waals surface area contributed by atoms with Crippen LogP contribution in [0.5, 0.6) is 0 Å². The summed E-state index contributed by atoms with van der Waals surface area (Å²) in [4.78, 5) is 0. The van der Waals surface area contributed by atoms with E-state index < -0.39 is 42.2 Å². The highest BCUT2D eigenvalue weighted by Gasteiger charge is 2.81. The minimum Gasteiger partial charge on any atom is -0.328 e. The van der Waals surface area contributed by atoms with Crippen LogP contribution in [0.4, 0.5) is 26.3 Å². The van der Waals surface area contributed by atoms with E-state index in [1.807, 2.05) is 0 Å². The number of quaternary nitrogens is 1. The SMILES string of the molecule is CC[N+](CC)(CC)C(O)(C(F)(F)F)C(F)(F)F. The van der Waals surface area contributed by atoms with Crippen LogP contribution in [0.25, 0.3) is 0 Å². The predicted molar refractivity (Wildman–Crippen MR) is 48.9 cm³/mol. The molecule has 0 aliphatic heterocycles. The molecule has 0 aromatic carbocycles. The molecule has 2 nitrogen and oxygen atoms in total. The first-order valence-corrected chi connectivity index (χ1v) is 5.15. The maximum atomic E-state index is 12.7. The molecule has 0 amide bonds. The molecule has 17 heavy (non-hydrogen) atoms. The molecule has 0 spiro atoms. The molecular formula is C9H16F6NO+. The number of hydrogen-bond donors (Lipinski definition) is 1. The lowest BCUT2D eigenvalue weighted by Crippen LogP contribution is -2.77. The summed E-state index contributed by atoms with van der Waals surface area (Å²) in [6.07, 6.45) is -11.5. The minimum atomic E-state index is -5.77. The van der Waals surface area contributed by atoms with Gasteiger partial charge in [0.25, 0.3) is 0 Å². The van der Waals surface area contributed by atoms with Crippen LogP contribution >= 0.6 is 0 Å². The van der Waals surface area contributed by atoms with E-state index in [4.69, 9.17) is 0 Å². The van der Waals surface area contributed by atoms with Crippen molar-refractivity contribution < 1.29 is 35.9 Å². The first-order chi connectivity index (χ1) is 7.43. The second-order valence-electron chi connectivity index (χ2n) is 3.76. The Morgan fingerprint density at radius 3 is 1.06 bits per heavy atom. The van der Waals surface area contributed by atoms with Crippen LogP contribution in [0.2, 0.25) is 0 Å². The standard InChI is InChI=1S/C9H16F6NO/c1-4-16(5-2,6-3)7(17,8(10,11)12)9(13,14)15/h17H,4-6H2,1-3H3/q+1. The van der Waals surface area contributed by atoms with E-state index in [2.05, 4.69) is 0 Å². The average Bonchev–Trinajstić information content (AvgIpc) is 2.17. The largest absolute Gasteiger partial charge is 0.483 e. The summed E-state index contributed by atoms with van der Waals surface area (Å²) in [5.74, 6) is 0. The van der Waals surface area contributed by atoms with Crippen LogP contribution in [-0.2, 0) is 0 Å². The summed E-state index contributed by atoms with van der Waals surface area (Å²) in [5.41, 5.74) is -4.72. The molecule has 0 aliphatic rings. The average molecular weight is 268 g/mol. The van der Waals surface area contributed by atoms with Gasteiger partial charge in [-0.05, 0) is 20.8 Å². The van der Waals surface area contributed by atoms with Crippen molar-refractivity contribution in [3.8, 4) is 0 Å². The fourth-order valence-electron chi connectivity index (χ4n) is 2.06. The van der Waals surface area contributed by atoms with Crippen molar-refractivity contribution in [3.05, 3.63) is 0 Å². The van der Waals surface area contributed by atoms with Crippen LogP contribution in [0.3, 0.4) is 0 Å². The van der Waals surface area contributed by atoms with Crippen molar-refractivity contribution in [2.24, 2.45) is 0 Å². The lowest BCUT2D eigenvalue weighted by atomic mass is 10.1. The Balaban J connectivity index is 5.96. The highest BCUT2D eigenvalue weighted by Crippen LogP contribution is 2.48. The summed E-state index contributed by atoms with van der Waals surface area (Å²) in [6, 6.07) is 0. The molecule has 0 radical (unpaired) electrons. The normalized spacial score (nSPS) is 15.2. The van der Waals surface area contributed by atoms with E-state index in [1.54, 1.807) is 0 Å². The fraction of sp³-hybridized carbons (Fsp3) is 1.00. The van der Waals surface area contributed by atoms with E-state index >= 15 is 0 Å². The van der Waals surface area contributed by atoms with Gasteiger partial charge in [-0.15, -0.1) is 0 Å². The highest BCUT2D eigenvalue weighted by atomic mass is 19.4. The molecule has 0 saturated carbocycles. The van der Waals surface area contributed by atoms with Gasteiger partial charge in [0.15, 0.2) is 0 Å². The van der Waals surface area contributed by atoms with Gasteiger partial charge in [0, 0.05) is 0 Å². The van der Waals surface area contributed by atoms with Gasteiger partial charge in [-0.3, -0.25) is 4.48 Å². The first-order valence-electron chi connectivity index (χ1n) is 5.15. The van der Waals surface area contributed by atoms with Crippen molar-refractivity contribution >= 4 is 0 Å². The number of halogens is 6. The third kappa shape index (κ3) is 2.24. The third-order valence-electron chi connectivity index (χ3n) is 3.29. The zero-order chi connectivity index (χ0) is 14.1. The van der Waals surface area contributed by atoms with Crippen LogP contribution < -0.4 is 0 Å². The van der Waals surface area contributed by atoms with Crippen LogP contribution in [-0.4, -0.2) is 47.3 Å². The lowest BCUT2D eigenvalue weighted by molar-refractivity contribution is -1.02. The fourth-order valence-corrected chi connectivity index (χ4v) is 2.06. The molecule has 0 rings (SSSR count). The quantitative estimate of drug-likeness (QED) is 0.472. The van der Waals surface area contributed by atoms with Gasteiger partial charge in [0.05, 0.1) is 19.6 Å². The van der Waals surface area contributed by atoms with Gasteiger partial charge in [-0.2, -0.15) is 26.3 Å². The second kappa shape index (κ2) is 4.64. The molecule has 104 valence electrons. The van der Waals surface area contributed by atoms with Gasteiger partial charge in [0.2, 0.25) is 0 Å². The monoisotopic (exact) mass is 268 g/mol. The molecule has 0 atom stereocenters. The summed E-state index contributed by atoms with van der Waals surface area (Å²) in [5, 5.41) is 9.32. The second-order valence-corrected chi connectivity index (χ2v) is 3.76. The molecule has 0 aliphatic carbocycles. The van der Waals surface area contributed by atoms with Gasteiger partial charge in [-0.1, -0.05) is 0 Å². The summed E-state index contributed by atoms with van der Waals surface area (Å²) < 4.78 is 74.5. The number of hydrogen-bond acceptors (Lipinski definition) is 1. The molecule has 1 N–H and O–H groups in total. The lowest BCUT2D eigenvalue weighted by Gasteiger charge is -2.48. The first kappa shape index (κ1) is 16.5. The smallest absolute Gasteiger partial charge is 0.328 e. The van der Waals surface area contributed by atoms with E-state index in [0.29, 0.717) is 0 Å². The number of aliphatic hydroxyl groups is 1. The Bertz CT molecular complexity index is 233. The third-order valence-corrected chi connectivity index (χ3v) is 3.29. The maximum Gasteiger partial charge on any atom is 0.483 e. The molecule has 0 aromatic heterocycles. The van der Waals surface area contributed by atoms with Crippen molar-refractivity contribution in [3.63, 3.8) is 0 Å². The molecule has 0 saturated heterocycles. The number of alkyl halides is 6. The van der Waals surface area contributed by atoms with Gasteiger partial charge < -0.3 is 5.11 Å². The maximum absolute atomic E-state index is 12.7. The zero-order valence-corrected chi connectivity index (χ0v) is 9.78. The molecular weight excluding hydrogens is 252 g/mol. The van der Waals surface area contributed by atoms with Gasteiger partial charge >= 0.3 is 18.1 Å². The van der Waals surface area contributed by atoms with Gasteiger partial charge in [0.1, 0.15) is 0 Å². The van der Waals surface area contributed by atoms with Crippen molar-refractivity contribution in [1.29, 1.82) is 0 Å². The Morgan fingerprint density at radius 2 is 1.00 bits per heavy atom. The number of nitrogens with zero attached hydrogens (tertiary/aromatic N) is 1. The van der Waals surface area contributed by atoms with E-state index in [0.717, 1.165) is 0 Å². The minimum absolute atomic E-state index is 0.470. The van der Waals surface area contributed by atoms with E-state index in [1.165, 1.54) is 20.8 Å². The van der Waals surface area contributed by atoms with E-state index in [9.17, 15) is 31.4 Å².